The summed E-state index contributed by atoms with van der Waals surface area (Å²) in [7, 11) is -2.49. The predicted octanol–water partition coefficient (Wildman–Crippen LogP) is 3.23. The fraction of sp³-hybridized carbons (Fsp3) is 0.350. The van der Waals surface area contributed by atoms with E-state index in [0.29, 0.717) is 5.56 Å². The standard InChI is InChI=1S/C20H22F2N2O5S/c1-12(13-4-3-5-16(10-13)29-20(21)22)23-19(25)14-6-9-17(28-2)18(11-14)30(26,27)24-15-7-8-15/h3-6,9-12,15,20,24H,7-8H2,1-2H3,(H,23,25). The maximum atomic E-state index is 12.7. The molecule has 0 radical (unpaired) electrons. The molecule has 0 aromatic heterocycles. The van der Waals surface area contributed by atoms with Crippen LogP contribution in [-0.2, 0) is 10.0 Å². The van der Waals surface area contributed by atoms with Crippen LogP contribution in [0.2, 0.25) is 0 Å². The average Bonchev–Trinajstić information content (AvgIpc) is 3.50. The van der Waals surface area contributed by atoms with Gasteiger partial charge in [0.05, 0.1) is 13.2 Å². The van der Waals surface area contributed by atoms with Crippen LogP contribution < -0.4 is 19.5 Å². The molecule has 0 aliphatic heterocycles. The molecule has 7 nitrogen and oxygen atoms in total. The molecule has 2 N–H and O–H groups in total. The third-order valence-corrected chi connectivity index (χ3v) is 6.09. The minimum atomic E-state index is -3.84. The van der Waals surface area contributed by atoms with E-state index in [1.54, 1.807) is 13.0 Å². The molecule has 10 heteroatoms. The fourth-order valence-corrected chi connectivity index (χ4v) is 4.34. The van der Waals surface area contributed by atoms with E-state index >= 15 is 0 Å². The number of sulfonamides is 1. The lowest BCUT2D eigenvalue weighted by Gasteiger charge is -2.17. The molecular weight excluding hydrogens is 418 g/mol. The molecule has 3 rings (SSSR count). The van der Waals surface area contributed by atoms with Crippen LogP contribution in [0.1, 0.15) is 41.7 Å². The van der Waals surface area contributed by atoms with E-state index in [9.17, 15) is 22.0 Å². The van der Waals surface area contributed by atoms with Crippen LogP contribution in [-0.4, -0.2) is 34.1 Å². The van der Waals surface area contributed by atoms with Crippen molar-refractivity contribution in [1.29, 1.82) is 0 Å². The number of benzene rings is 2. The zero-order valence-electron chi connectivity index (χ0n) is 16.4. The van der Waals surface area contributed by atoms with E-state index in [4.69, 9.17) is 4.74 Å². The minimum absolute atomic E-state index is 0.0208. The Bertz CT molecular complexity index is 1030. The van der Waals surface area contributed by atoms with Crippen molar-refractivity contribution in [3.63, 3.8) is 0 Å². The second kappa shape index (κ2) is 8.97. The summed E-state index contributed by atoms with van der Waals surface area (Å²) in [5.41, 5.74) is 0.678. The Balaban J connectivity index is 1.79. The molecule has 1 aliphatic rings. The molecule has 1 saturated carbocycles. The average molecular weight is 440 g/mol. The number of rotatable bonds is 9. The van der Waals surface area contributed by atoms with E-state index < -0.39 is 28.6 Å². The summed E-state index contributed by atoms with van der Waals surface area (Å²) in [5.74, 6) is -0.412. The lowest BCUT2D eigenvalue weighted by atomic mass is 10.1. The van der Waals surface area contributed by atoms with Crippen molar-refractivity contribution in [3.05, 3.63) is 53.6 Å². The Labute approximate surface area is 173 Å². The van der Waals surface area contributed by atoms with Crippen molar-refractivity contribution in [2.45, 2.75) is 43.4 Å². The van der Waals surface area contributed by atoms with Crippen molar-refractivity contribution in [2.24, 2.45) is 0 Å². The largest absolute Gasteiger partial charge is 0.495 e. The van der Waals surface area contributed by atoms with Crippen molar-refractivity contribution in [2.75, 3.05) is 7.11 Å². The number of halogens is 2. The zero-order chi connectivity index (χ0) is 21.9. The Hall–Kier alpha value is -2.72. The van der Waals surface area contributed by atoms with Gasteiger partial charge in [-0.25, -0.2) is 13.1 Å². The summed E-state index contributed by atoms with van der Waals surface area (Å²) in [5, 5.41) is 2.72. The molecule has 1 amide bonds. The van der Waals surface area contributed by atoms with Gasteiger partial charge in [0.2, 0.25) is 10.0 Å². The fourth-order valence-electron chi connectivity index (χ4n) is 2.84. The number of ether oxygens (including phenoxy) is 2. The van der Waals surface area contributed by atoms with E-state index in [-0.39, 0.29) is 28.0 Å². The molecule has 1 fully saturated rings. The van der Waals surface area contributed by atoms with Crippen LogP contribution in [0.5, 0.6) is 11.5 Å². The van der Waals surface area contributed by atoms with Gasteiger partial charge in [-0.3, -0.25) is 4.79 Å². The molecule has 0 saturated heterocycles. The Morgan fingerprint density at radius 2 is 1.90 bits per heavy atom. The number of methoxy groups -OCH3 is 1. The van der Waals surface area contributed by atoms with Gasteiger partial charge in [-0.2, -0.15) is 8.78 Å². The van der Waals surface area contributed by atoms with Crippen molar-refractivity contribution >= 4 is 15.9 Å². The highest BCUT2D eigenvalue weighted by Gasteiger charge is 2.30. The first kappa shape index (κ1) is 22.0. The molecule has 30 heavy (non-hydrogen) atoms. The first-order chi connectivity index (χ1) is 14.2. The van der Waals surface area contributed by atoms with Gasteiger partial charge >= 0.3 is 6.61 Å². The third-order valence-electron chi connectivity index (χ3n) is 4.55. The molecule has 162 valence electrons. The second-order valence-electron chi connectivity index (χ2n) is 6.91. The summed E-state index contributed by atoms with van der Waals surface area (Å²) >= 11 is 0. The van der Waals surface area contributed by atoms with Gasteiger partial charge in [0.25, 0.3) is 5.91 Å². The van der Waals surface area contributed by atoms with Gasteiger partial charge in [-0.1, -0.05) is 12.1 Å². The van der Waals surface area contributed by atoms with Crippen molar-refractivity contribution in [3.8, 4) is 11.5 Å². The van der Waals surface area contributed by atoms with Crippen molar-refractivity contribution in [1.82, 2.24) is 10.0 Å². The number of hydrogen-bond donors (Lipinski definition) is 2. The Morgan fingerprint density at radius 3 is 2.53 bits per heavy atom. The highest BCUT2D eigenvalue weighted by Crippen LogP contribution is 2.29. The number of amides is 1. The van der Waals surface area contributed by atoms with Gasteiger partial charge in [-0.05, 0) is 55.7 Å². The quantitative estimate of drug-likeness (QED) is 0.625. The minimum Gasteiger partial charge on any atom is -0.495 e. The summed E-state index contributed by atoms with van der Waals surface area (Å²) < 4.78 is 62.1. The smallest absolute Gasteiger partial charge is 0.387 e. The number of carbonyl (C=O) groups excluding carboxylic acids is 1. The predicted molar refractivity (Wildman–Crippen MR) is 105 cm³/mol. The van der Waals surface area contributed by atoms with E-state index in [0.717, 1.165) is 12.8 Å². The second-order valence-corrected chi connectivity index (χ2v) is 8.59. The Kier molecular flexibility index (Phi) is 6.57. The lowest BCUT2D eigenvalue weighted by molar-refractivity contribution is -0.0499. The van der Waals surface area contributed by atoms with Gasteiger partial charge in [-0.15, -0.1) is 0 Å². The van der Waals surface area contributed by atoms with Crippen LogP contribution in [0.25, 0.3) is 0 Å². The van der Waals surface area contributed by atoms with Gasteiger partial charge < -0.3 is 14.8 Å². The first-order valence-electron chi connectivity index (χ1n) is 9.25. The number of carbonyl (C=O) groups is 1. The number of alkyl halides is 2. The lowest BCUT2D eigenvalue weighted by Crippen LogP contribution is -2.28. The van der Waals surface area contributed by atoms with E-state index in [1.165, 1.54) is 43.5 Å². The van der Waals surface area contributed by atoms with Crippen LogP contribution in [0.4, 0.5) is 8.78 Å². The van der Waals surface area contributed by atoms with Gasteiger partial charge in [0.1, 0.15) is 16.4 Å². The normalized spacial score (nSPS) is 15.0. The monoisotopic (exact) mass is 440 g/mol. The SMILES string of the molecule is COc1ccc(C(=O)NC(C)c2cccc(OC(F)F)c2)cc1S(=O)(=O)NC1CC1. The molecule has 1 atom stereocenters. The van der Waals surface area contributed by atoms with Gasteiger partial charge in [0.15, 0.2) is 0 Å². The van der Waals surface area contributed by atoms with Crippen LogP contribution >= 0.6 is 0 Å². The molecule has 2 aromatic carbocycles. The van der Waals surface area contributed by atoms with Gasteiger partial charge in [0, 0.05) is 11.6 Å². The molecular formula is C20H22F2N2O5S. The maximum Gasteiger partial charge on any atom is 0.387 e. The molecule has 0 heterocycles. The highest BCUT2D eigenvalue weighted by molar-refractivity contribution is 7.89. The Morgan fingerprint density at radius 1 is 1.17 bits per heavy atom. The number of hydrogen-bond acceptors (Lipinski definition) is 5. The number of nitrogens with one attached hydrogen (secondary N) is 2. The highest BCUT2D eigenvalue weighted by atomic mass is 32.2. The van der Waals surface area contributed by atoms with Crippen LogP contribution in [0, 0.1) is 0 Å². The first-order valence-corrected chi connectivity index (χ1v) is 10.7. The molecule has 0 bridgehead atoms. The summed E-state index contributed by atoms with van der Waals surface area (Å²) in [6.45, 7) is -1.27. The molecule has 1 unspecified atom stereocenters. The van der Waals surface area contributed by atoms with E-state index in [1.807, 2.05) is 0 Å². The molecule has 2 aromatic rings. The third kappa shape index (κ3) is 5.45. The summed E-state index contributed by atoms with van der Waals surface area (Å²) in [4.78, 5) is 12.6. The van der Waals surface area contributed by atoms with Crippen LogP contribution in [0.15, 0.2) is 47.4 Å². The maximum absolute atomic E-state index is 12.7. The van der Waals surface area contributed by atoms with E-state index in [2.05, 4.69) is 14.8 Å². The zero-order valence-corrected chi connectivity index (χ0v) is 17.2. The summed E-state index contributed by atoms with van der Waals surface area (Å²) in [6.07, 6.45) is 1.54. The topological polar surface area (TPSA) is 93.7 Å². The molecule has 1 aliphatic carbocycles. The summed E-state index contributed by atoms with van der Waals surface area (Å²) in [6, 6.07) is 9.47. The van der Waals surface area contributed by atoms with Crippen LogP contribution in [0.3, 0.4) is 0 Å². The molecule has 0 spiro atoms. The van der Waals surface area contributed by atoms with Crippen molar-refractivity contribution < 1.29 is 31.5 Å².